The van der Waals surface area contributed by atoms with Crippen molar-refractivity contribution in [2.24, 2.45) is 5.92 Å². The first-order valence-electron chi connectivity index (χ1n) is 7.14. The topological polar surface area (TPSA) is 30.0 Å². The molecule has 1 aromatic carbocycles. The van der Waals surface area contributed by atoms with Gasteiger partial charge in [-0.1, -0.05) is 44.9 Å². The molecule has 0 radical (unpaired) electrons. The smallest absolute Gasteiger partial charge is 0.166 e. The number of hydrogen-bond acceptors (Lipinski definition) is 2. The summed E-state index contributed by atoms with van der Waals surface area (Å²) >= 11 is 0. The summed E-state index contributed by atoms with van der Waals surface area (Å²) in [6, 6.07) is 7.84. The maximum atomic E-state index is 12.7. The zero-order valence-electron chi connectivity index (χ0n) is 11.7. The third kappa shape index (κ3) is 3.01. The van der Waals surface area contributed by atoms with E-state index in [9.17, 15) is 4.79 Å². The molecular formula is C17H21NO. The van der Waals surface area contributed by atoms with E-state index in [2.05, 4.69) is 18.8 Å². The van der Waals surface area contributed by atoms with Crippen molar-refractivity contribution in [1.82, 2.24) is 4.98 Å². The second kappa shape index (κ2) is 6.46. The lowest BCUT2D eigenvalue weighted by atomic mass is 9.89. The molecule has 1 heterocycles. The van der Waals surface area contributed by atoms with Gasteiger partial charge in [-0.3, -0.25) is 9.78 Å². The van der Waals surface area contributed by atoms with Crippen molar-refractivity contribution < 1.29 is 4.79 Å². The summed E-state index contributed by atoms with van der Waals surface area (Å²) in [5.41, 5.74) is 0.850. The van der Waals surface area contributed by atoms with Crippen molar-refractivity contribution in [2.75, 3.05) is 0 Å². The maximum Gasteiger partial charge on any atom is 0.166 e. The Hall–Kier alpha value is -1.70. The van der Waals surface area contributed by atoms with Crippen molar-refractivity contribution in [2.45, 2.75) is 39.5 Å². The minimum Gasteiger partial charge on any atom is -0.294 e. The first-order chi connectivity index (χ1) is 9.27. The molecule has 19 heavy (non-hydrogen) atoms. The number of hydrogen-bond donors (Lipinski definition) is 0. The zero-order chi connectivity index (χ0) is 13.7. The van der Waals surface area contributed by atoms with Gasteiger partial charge in [0.25, 0.3) is 0 Å². The third-order valence-corrected chi connectivity index (χ3v) is 3.72. The summed E-state index contributed by atoms with van der Waals surface area (Å²) < 4.78 is 0. The van der Waals surface area contributed by atoms with Gasteiger partial charge in [-0.2, -0.15) is 0 Å². The number of benzene rings is 1. The van der Waals surface area contributed by atoms with Crippen LogP contribution in [-0.2, 0) is 0 Å². The van der Waals surface area contributed by atoms with Gasteiger partial charge in [-0.25, -0.2) is 0 Å². The standard InChI is InChI=1S/C17H21NO/c1-3-5-7-13(4-2)17(19)16-9-6-8-14-12-18-11-10-15(14)16/h6,8-13H,3-5,7H2,1-2H3. The number of pyridine rings is 1. The van der Waals surface area contributed by atoms with Crippen LogP contribution in [0, 0.1) is 5.92 Å². The highest BCUT2D eigenvalue weighted by Gasteiger charge is 2.19. The first-order valence-corrected chi connectivity index (χ1v) is 7.14. The number of ketones is 1. The van der Waals surface area contributed by atoms with E-state index in [1.54, 1.807) is 6.20 Å². The molecule has 0 aliphatic rings. The van der Waals surface area contributed by atoms with E-state index in [-0.39, 0.29) is 11.7 Å². The Morgan fingerprint density at radius 2 is 2.11 bits per heavy atom. The Morgan fingerprint density at radius 1 is 1.26 bits per heavy atom. The summed E-state index contributed by atoms with van der Waals surface area (Å²) in [5, 5.41) is 2.07. The lowest BCUT2D eigenvalue weighted by Gasteiger charge is -2.14. The fourth-order valence-corrected chi connectivity index (χ4v) is 2.53. The lowest BCUT2D eigenvalue weighted by Crippen LogP contribution is -2.14. The number of unbranched alkanes of at least 4 members (excludes halogenated alkanes) is 1. The normalized spacial score (nSPS) is 12.5. The zero-order valence-corrected chi connectivity index (χ0v) is 11.7. The van der Waals surface area contributed by atoms with Crippen molar-refractivity contribution in [3.8, 4) is 0 Å². The Morgan fingerprint density at radius 3 is 2.84 bits per heavy atom. The minimum atomic E-state index is 0.152. The predicted octanol–water partition coefficient (Wildman–Crippen LogP) is 4.63. The predicted molar refractivity (Wildman–Crippen MR) is 79.4 cm³/mol. The van der Waals surface area contributed by atoms with Crippen molar-refractivity contribution >= 4 is 16.6 Å². The monoisotopic (exact) mass is 255 g/mol. The lowest BCUT2D eigenvalue weighted by molar-refractivity contribution is 0.0910. The maximum absolute atomic E-state index is 12.7. The Bertz CT molecular complexity index is 557. The van der Waals surface area contributed by atoms with Gasteiger partial charge in [0.2, 0.25) is 0 Å². The molecule has 0 N–H and O–H groups in total. The first kappa shape index (κ1) is 13.7. The van der Waals surface area contributed by atoms with E-state index in [0.717, 1.165) is 42.0 Å². The molecule has 0 saturated carbocycles. The molecule has 0 bridgehead atoms. The van der Waals surface area contributed by atoms with Gasteiger partial charge in [0.1, 0.15) is 0 Å². The van der Waals surface area contributed by atoms with Gasteiger partial charge in [0, 0.05) is 29.3 Å². The molecule has 2 nitrogen and oxygen atoms in total. The molecule has 2 aromatic rings. The molecule has 0 saturated heterocycles. The van der Waals surface area contributed by atoms with Crippen LogP contribution < -0.4 is 0 Å². The molecule has 100 valence electrons. The van der Waals surface area contributed by atoms with Crippen LogP contribution in [0.2, 0.25) is 0 Å². The van der Waals surface area contributed by atoms with Crippen LogP contribution in [0.4, 0.5) is 0 Å². The molecule has 2 heteroatoms. The molecule has 1 atom stereocenters. The number of carbonyl (C=O) groups excluding carboxylic acids is 1. The Kier molecular flexibility index (Phi) is 4.67. The molecule has 0 fully saturated rings. The average Bonchev–Trinajstić information content (AvgIpc) is 2.47. The van der Waals surface area contributed by atoms with Crippen LogP contribution in [0.1, 0.15) is 49.9 Å². The highest BCUT2D eigenvalue weighted by atomic mass is 16.1. The summed E-state index contributed by atoms with van der Waals surface area (Å²) in [6.45, 7) is 4.27. The van der Waals surface area contributed by atoms with E-state index in [1.807, 2.05) is 30.5 Å². The average molecular weight is 255 g/mol. The summed E-state index contributed by atoms with van der Waals surface area (Å²) in [5.74, 6) is 0.437. The van der Waals surface area contributed by atoms with Crippen molar-refractivity contribution in [3.63, 3.8) is 0 Å². The molecule has 0 spiro atoms. The highest BCUT2D eigenvalue weighted by Crippen LogP contribution is 2.24. The second-order valence-electron chi connectivity index (χ2n) is 5.01. The number of nitrogens with zero attached hydrogens (tertiary/aromatic N) is 1. The largest absolute Gasteiger partial charge is 0.294 e. The summed E-state index contributed by atoms with van der Waals surface area (Å²) in [4.78, 5) is 16.8. The molecule has 0 amide bonds. The fourth-order valence-electron chi connectivity index (χ4n) is 2.53. The number of fused-ring (bicyclic) bond motifs is 1. The van der Waals surface area contributed by atoms with Crippen molar-refractivity contribution in [3.05, 3.63) is 42.2 Å². The van der Waals surface area contributed by atoms with E-state index < -0.39 is 0 Å². The van der Waals surface area contributed by atoms with E-state index >= 15 is 0 Å². The molecule has 0 aliphatic carbocycles. The number of carbonyl (C=O) groups is 1. The van der Waals surface area contributed by atoms with E-state index in [0.29, 0.717) is 0 Å². The third-order valence-electron chi connectivity index (χ3n) is 3.72. The summed E-state index contributed by atoms with van der Waals surface area (Å²) in [7, 11) is 0. The molecule has 0 aliphatic heterocycles. The van der Waals surface area contributed by atoms with Gasteiger partial charge < -0.3 is 0 Å². The van der Waals surface area contributed by atoms with Crippen molar-refractivity contribution in [1.29, 1.82) is 0 Å². The number of aromatic nitrogens is 1. The van der Waals surface area contributed by atoms with Crippen LogP contribution in [-0.4, -0.2) is 10.8 Å². The highest BCUT2D eigenvalue weighted by molar-refractivity contribution is 6.08. The fraction of sp³-hybridized carbons (Fsp3) is 0.412. The number of rotatable bonds is 6. The summed E-state index contributed by atoms with van der Waals surface area (Å²) in [6.07, 6.45) is 7.75. The molecular weight excluding hydrogens is 234 g/mol. The minimum absolute atomic E-state index is 0.152. The van der Waals surface area contributed by atoms with Gasteiger partial charge >= 0.3 is 0 Å². The molecule has 1 aromatic heterocycles. The second-order valence-corrected chi connectivity index (χ2v) is 5.01. The van der Waals surface area contributed by atoms with Crippen LogP contribution in [0.25, 0.3) is 10.8 Å². The Labute approximate surface area is 114 Å². The van der Waals surface area contributed by atoms with Gasteiger partial charge in [-0.15, -0.1) is 0 Å². The molecule has 2 rings (SSSR count). The Balaban J connectivity index is 2.35. The molecule has 1 unspecified atom stereocenters. The van der Waals surface area contributed by atoms with Gasteiger partial charge in [-0.05, 0) is 24.3 Å². The van der Waals surface area contributed by atoms with Crippen LogP contribution in [0.15, 0.2) is 36.7 Å². The van der Waals surface area contributed by atoms with Crippen LogP contribution in [0.5, 0.6) is 0 Å². The van der Waals surface area contributed by atoms with E-state index in [1.165, 1.54) is 0 Å². The SMILES string of the molecule is CCCCC(CC)C(=O)c1cccc2cnccc12. The number of Topliss-reactive ketones (excluding diaryl/α,β-unsaturated/α-hetero) is 1. The quantitative estimate of drug-likeness (QED) is 0.704. The van der Waals surface area contributed by atoms with Crippen LogP contribution >= 0.6 is 0 Å². The van der Waals surface area contributed by atoms with Gasteiger partial charge in [0.05, 0.1) is 0 Å². The van der Waals surface area contributed by atoms with E-state index in [4.69, 9.17) is 0 Å². The van der Waals surface area contributed by atoms with Crippen LogP contribution in [0.3, 0.4) is 0 Å². The van der Waals surface area contributed by atoms with Gasteiger partial charge in [0.15, 0.2) is 5.78 Å².